The Kier molecular flexibility index (Phi) is 6.40. The number of morpholine rings is 1. The second-order valence-corrected chi connectivity index (χ2v) is 10.7. The van der Waals surface area contributed by atoms with Crippen molar-refractivity contribution in [3.05, 3.63) is 36.0 Å². The van der Waals surface area contributed by atoms with Crippen LogP contribution in [0.15, 0.2) is 30.3 Å². The predicted octanol–water partition coefficient (Wildman–Crippen LogP) is 2.36. The molecule has 2 N–H and O–H groups in total. The van der Waals surface area contributed by atoms with Gasteiger partial charge in [-0.2, -0.15) is 0 Å². The van der Waals surface area contributed by atoms with Crippen molar-refractivity contribution >= 4 is 38.7 Å². The molecule has 0 spiro atoms. The van der Waals surface area contributed by atoms with Crippen molar-refractivity contribution in [3.8, 4) is 11.4 Å². The van der Waals surface area contributed by atoms with Gasteiger partial charge in [0.25, 0.3) is 0 Å². The van der Waals surface area contributed by atoms with Crippen LogP contribution in [0.25, 0.3) is 11.4 Å². The summed E-state index contributed by atoms with van der Waals surface area (Å²) in [6, 6.07) is 10.1. The summed E-state index contributed by atoms with van der Waals surface area (Å²) in [5.74, 6) is 1.09. The third-order valence-electron chi connectivity index (χ3n) is 5.15. The number of benzene rings is 1. The maximum Gasteiger partial charge on any atom is 0.170 e. The Bertz CT molecular complexity index is 1060. The highest BCUT2D eigenvalue weighted by atomic mass is 32.2. The molecule has 1 aromatic carbocycles. The van der Waals surface area contributed by atoms with E-state index in [1.165, 1.54) is 6.26 Å². The summed E-state index contributed by atoms with van der Waals surface area (Å²) in [4.78, 5) is 11.4. The normalized spacial score (nSPS) is 19.2. The quantitative estimate of drug-likeness (QED) is 0.629. The van der Waals surface area contributed by atoms with Crippen LogP contribution in [0.3, 0.4) is 0 Å². The molecule has 2 aromatic rings. The van der Waals surface area contributed by atoms with Gasteiger partial charge in [-0.15, -0.1) is 0 Å². The van der Waals surface area contributed by atoms with E-state index in [1.807, 2.05) is 24.3 Å². The van der Waals surface area contributed by atoms with E-state index in [-0.39, 0.29) is 11.8 Å². The molecule has 166 valence electrons. The number of aromatic nitrogens is 2. The molecule has 1 aliphatic carbocycles. The standard InChI is InChI=1S/C21H27N5O3S2/c1-14-12-29-10-9-26(14)19-11-18(13-31(2,27)28)22-20(25-19)15-3-5-16(6-4-15)23-21(30)24-17-7-8-17/h3-6,11,14,17H,7-10,12-13H2,1-2H3,(H2,23,24,30)/t14-/m0/s1. The third-order valence-corrected chi connectivity index (χ3v) is 6.19. The average Bonchev–Trinajstić information content (AvgIpc) is 3.51. The van der Waals surface area contributed by atoms with E-state index in [9.17, 15) is 8.42 Å². The fourth-order valence-electron chi connectivity index (χ4n) is 3.45. The molecular weight excluding hydrogens is 434 g/mol. The Morgan fingerprint density at radius 1 is 1.26 bits per heavy atom. The number of thiocarbonyl (C=S) groups is 1. The van der Waals surface area contributed by atoms with E-state index in [0.717, 1.165) is 29.9 Å². The van der Waals surface area contributed by atoms with Crippen molar-refractivity contribution < 1.29 is 13.2 Å². The minimum atomic E-state index is -3.23. The van der Waals surface area contributed by atoms with Crippen molar-refractivity contribution in [2.45, 2.75) is 37.6 Å². The summed E-state index contributed by atoms with van der Waals surface area (Å²) < 4.78 is 29.3. The molecule has 2 fully saturated rings. The average molecular weight is 462 g/mol. The lowest BCUT2D eigenvalue weighted by molar-refractivity contribution is 0.0985. The van der Waals surface area contributed by atoms with E-state index in [0.29, 0.717) is 42.4 Å². The van der Waals surface area contributed by atoms with E-state index in [2.05, 4.69) is 27.4 Å². The molecule has 8 nitrogen and oxygen atoms in total. The van der Waals surface area contributed by atoms with Gasteiger partial charge in [0, 0.05) is 36.2 Å². The van der Waals surface area contributed by atoms with Gasteiger partial charge in [-0.05, 0) is 56.2 Å². The summed E-state index contributed by atoms with van der Waals surface area (Å²) in [6.07, 6.45) is 3.53. The van der Waals surface area contributed by atoms with E-state index < -0.39 is 9.84 Å². The van der Waals surface area contributed by atoms with Crippen LogP contribution in [-0.4, -0.2) is 61.6 Å². The highest BCUT2D eigenvalue weighted by molar-refractivity contribution is 7.89. The largest absolute Gasteiger partial charge is 0.377 e. The lowest BCUT2D eigenvalue weighted by Crippen LogP contribution is -2.44. The molecule has 2 heterocycles. The molecule has 0 bridgehead atoms. The number of nitrogens with one attached hydrogen (secondary N) is 2. The van der Waals surface area contributed by atoms with Crippen LogP contribution in [0, 0.1) is 0 Å². The lowest BCUT2D eigenvalue weighted by atomic mass is 10.2. The molecule has 10 heteroatoms. The molecule has 4 rings (SSSR count). The number of rotatable bonds is 6. The summed E-state index contributed by atoms with van der Waals surface area (Å²) >= 11 is 5.33. The summed E-state index contributed by atoms with van der Waals surface area (Å²) in [5, 5.41) is 7.05. The monoisotopic (exact) mass is 461 g/mol. The van der Waals surface area contributed by atoms with Crippen LogP contribution in [0.5, 0.6) is 0 Å². The first-order chi connectivity index (χ1) is 14.8. The van der Waals surface area contributed by atoms with Crippen molar-refractivity contribution in [3.63, 3.8) is 0 Å². The highest BCUT2D eigenvalue weighted by Gasteiger charge is 2.23. The van der Waals surface area contributed by atoms with Crippen LogP contribution in [0.1, 0.15) is 25.5 Å². The Hall–Kier alpha value is -2.30. The molecule has 1 atom stereocenters. The lowest BCUT2D eigenvalue weighted by Gasteiger charge is -2.34. The molecule has 0 unspecified atom stereocenters. The summed E-state index contributed by atoms with van der Waals surface area (Å²) in [7, 11) is -3.23. The van der Waals surface area contributed by atoms with Gasteiger partial charge < -0.3 is 20.3 Å². The van der Waals surface area contributed by atoms with Crippen molar-refractivity contribution in [2.24, 2.45) is 0 Å². The van der Waals surface area contributed by atoms with E-state index in [4.69, 9.17) is 21.9 Å². The fourth-order valence-corrected chi connectivity index (χ4v) is 4.42. The van der Waals surface area contributed by atoms with Crippen molar-refractivity contribution in [1.29, 1.82) is 0 Å². The number of sulfone groups is 1. The number of ether oxygens (including phenoxy) is 1. The van der Waals surface area contributed by atoms with Gasteiger partial charge in [0.15, 0.2) is 20.8 Å². The molecule has 1 saturated heterocycles. The molecule has 0 radical (unpaired) electrons. The SMILES string of the molecule is C[C@H]1COCCN1c1cc(CS(C)(=O)=O)nc(-c2ccc(NC(=S)NC3CC3)cc2)n1. The molecule has 31 heavy (non-hydrogen) atoms. The number of anilines is 2. The Balaban J connectivity index is 1.60. The van der Waals surface area contributed by atoms with Crippen LogP contribution in [0.2, 0.25) is 0 Å². The van der Waals surface area contributed by atoms with Gasteiger partial charge in [0.05, 0.1) is 30.7 Å². The zero-order chi connectivity index (χ0) is 22.0. The number of nitrogens with zero attached hydrogens (tertiary/aromatic N) is 3. The van der Waals surface area contributed by atoms with Gasteiger partial charge in [0.1, 0.15) is 5.82 Å². The first-order valence-corrected chi connectivity index (χ1v) is 12.8. The second-order valence-electron chi connectivity index (χ2n) is 8.18. The molecule has 2 aliphatic rings. The minimum Gasteiger partial charge on any atom is -0.377 e. The zero-order valence-electron chi connectivity index (χ0n) is 17.7. The van der Waals surface area contributed by atoms with Gasteiger partial charge in [0.2, 0.25) is 0 Å². The van der Waals surface area contributed by atoms with Crippen molar-refractivity contribution in [1.82, 2.24) is 15.3 Å². The Labute approximate surface area is 188 Å². The second kappa shape index (κ2) is 9.05. The zero-order valence-corrected chi connectivity index (χ0v) is 19.3. The van der Waals surface area contributed by atoms with Gasteiger partial charge in [-0.3, -0.25) is 0 Å². The minimum absolute atomic E-state index is 0.130. The maximum atomic E-state index is 11.9. The molecule has 1 aliphatic heterocycles. The predicted molar refractivity (Wildman–Crippen MR) is 126 cm³/mol. The summed E-state index contributed by atoms with van der Waals surface area (Å²) in [5.41, 5.74) is 2.17. The van der Waals surface area contributed by atoms with Gasteiger partial charge in [-0.1, -0.05) is 0 Å². The number of hydrogen-bond acceptors (Lipinski definition) is 7. The topological polar surface area (TPSA) is 96.5 Å². The van der Waals surface area contributed by atoms with Crippen molar-refractivity contribution in [2.75, 3.05) is 36.2 Å². The van der Waals surface area contributed by atoms with Crippen LogP contribution in [0.4, 0.5) is 11.5 Å². The Morgan fingerprint density at radius 3 is 2.65 bits per heavy atom. The van der Waals surface area contributed by atoms with Crippen LogP contribution >= 0.6 is 12.2 Å². The van der Waals surface area contributed by atoms with E-state index in [1.54, 1.807) is 6.07 Å². The third kappa shape index (κ3) is 6.11. The van der Waals surface area contributed by atoms with Crippen LogP contribution < -0.4 is 15.5 Å². The summed E-state index contributed by atoms with van der Waals surface area (Å²) in [6.45, 7) is 3.98. The fraction of sp³-hybridized carbons (Fsp3) is 0.476. The van der Waals surface area contributed by atoms with Gasteiger partial charge >= 0.3 is 0 Å². The molecule has 0 amide bonds. The first-order valence-electron chi connectivity index (χ1n) is 10.3. The molecule has 1 saturated carbocycles. The maximum absolute atomic E-state index is 11.9. The van der Waals surface area contributed by atoms with E-state index >= 15 is 0 Å². The highest BCUT2D eigenvalue weighted by Crippen LogP contribution is 2.25. The number of hydrogen-bond donors (Lipinski definition) is 2. The molecule has 1 aromatic heterocycles. The van der Waals surface area contributed by atoms with Gasteiger partial charge in [-0.25, -0.2) is 18.4 Å². The smallest absolute Gasteiger partial charge is 0.170 e. The molecular formula is C21H27N5O3S2. The Morgan fingerprint density at radius 2 is 2.00 bits per heavy atom. The van der Waals surface area contributed by atoms with Crippen LogP contribution in [-0.2, 0) is 20.3 Å². The first kappa shape index (κ1) is 21.9.